The smallest absolute Gasteiger partial charge is 0.328 e. The summed E-state index contributed by atoms with van der Waals surface area (Å²) in [5, 5.41) is 19.4. The van der Waals surface area contributed by atoms with Crippen molar-refractivity contribution in [3.05, 3.63) is 95.3 Å². The summed E-state index contributed by atoms with van der Waals surface area (Å²) in [4.78, 5) is 36.3. The van der Waals surface area contributed by atoms with Crippen LogP contribution < -0.4 is 15.5 Å². The van der Waals surface area contributed by atoms with Gasteiger partial charge in [-0.25, -0.2) is 15.0 Å². The first-order valence-electron chi connectivity index (χ1n) is 12.3. The van der Waals surface area contributed by atoms with Crippen molar-refractivity contribution in [2.24, 2.45) is 0 Å². The third kappa shape index (κ3) is 9.56. The highest BCUT2D eigenvalue weighted by atomic mass is 16.5. The number of ether oxygens (including phenoxy) is 2. The average molecular weight is 534 g/mol. The molecule has 3 aromatic rings. The molecule has 204 valence electrons. The van der Waals surface area contributed by atoms with Gasteiger partial charge in [0.25, 0.3) is 5.91 Å². The van der Waals surface area contributed by atoms with E-state index in [1.165, 1.54) is 16.2 Å². The molecule has 3 rings (SSSR count). The Labute approximate surface area is 226 Å². The van der Waals surface area contributed by atoms with Crippen LogP contribution in [0.4, 0.5) is 0 Å². The molecule has 0 saturated carbocycles. The second kappa shape index (κ2) is 14.8. The van der Waals surface area contributed by atoms with Crippen molar-refractivity contribution in [3.8, 4) is 5.75 Å². The van der Waals surface area contributed by atoms with Crippen molar-refractivity contribution in [3.63, 3.8) is 0 Å². The van der Waals surface area contributed by atoms with E-state index in [1.54, 1.807) is 32.2 Å². The normalized spacial score (nSPS) is 12.1. The molecule has 3 N–H and O–H groups in total. The zero-order valence-electron chi connectivity index (χ0n) is 21.7. The minimum atomic E-state index is -0.827. The molecule has 2 amide bonds. The van der Waals surface area contributed by atoms with Gasteiger partial charge in [-0.3, -0.25) is 14.8 Å². The lowest BCUT2D eigenvalue weighted by Crippen LogP contribution is -2.44. The van der Waals surface area contributed by atoms with Crippen LogP contribution in [0.2, 0.25) is 0 Å². The summed E-state index contributed by atoms with van der Waals surface area (Å²) in [6.07, 6.45) is 6.49. The predicted molar refractivity (Wildman–Crippen MR) is 142 cm³/mol. The highest BCUT2D eigenvalue weighted by Crippen LogP contribution is 2.22. The lowest BCUT2D eigenvalue weighted by molar-refractivity contribution is -0.147. The lowest BCUT2D eigenvalue weighted by atomic mass is 10.1. The summed E-state index contributed by atoms with van der Waals surface area (Å²) >= 11 is 0. The van der Waals surface area contributed by atoms with E-state index in [0.29, 0.717) is 17.9 Å². The van der Waals surface area contributed by atoms with Crippen molar-refractivity contribution in [2.75, 3.05) is 6.61 Å². The quantitative estimate of drug-likeness (QED) is 0.1000. The Hall–Kier alpha value is -4.77. The monoisotopic (exact) mass is 533 g/mol. The van der Waals surface area contributed by atoms with Crippen molar-refractivity contribution in [1.29, 1.82) is 0 Å². The van der Waals surface area contributed by atoms with Gasteiger partial charge in [-0.1, -0.05) is 65.4 Å². The average Bonchev–Trinajstić information content (AvgIpc) is 3.38. The number of amides is 2. The van der Waals surface area contributed by atoms with Crippen molar-refractivity contribution >= 4 is 23.9 Å². The first kappa shape index (κ1) is 28.8. The van der Waals surface area contributed by atoms with E-state index in [-0.39, 0.29) is 19.8 Å². The number of hydrogen-bond donors (Lipinski definition) is 3. The fourth-order valence-corrected chi connectivity index (χ4v) is 3.58. The van der Waals surface area contributed by atoms with Crippen LogP contribution in [0, 0.1) is 0 Å². The van der Waals surface area contributed by atoms with Gasteiger partial charge in [-0.15, -0.1) is 5.10 Å². The number of nitrogens with zero attached hydrogens (tertiary/aromatic N) is 3. The first-order chi connectivity index (χ1) is 18.9. The summed E-state index contributed by atoms with van der Waals surface area (Å²) in [6.45, 7) is 3.70. The SMILES string of the molecule is CCOC(=O)[C@H](Cc1ccccc1)NC(=O)Cn1cc(COc2ccccc2/C=C(C)/C=C/C(=O)NO)nn1. The maximum atomic E-state index is 12.7. The molecule has 0 radical (unpaired) electrons. The molecule has 1 aromatic heterocycles. The number of aromatic nitrogens is 3. The lowest BCUT2D eigenvalue weighted by Gasteiger charge is -2.17. The van der Waals surface area contributed by atoms with Gasteiger partial charge in [0, 0.05) is 18.1 Å². The fraction of sp³-hybridized carbons (Fsp3) is 0.250. The molecule has 0 fully saturated rings. The van der Waals surface area contributed by atoms with E-state index >= 15 is 0 Å². The standard InChI is InChI=1S/C28H31N5O6/c1-3-38-28(36)24(16-21-9-5-4-6-10-21)29-27(35)18-33-17-23(30-32-33)19-39-25-12-8-7-11-22(25)15-20(2)13-14-26(34)31-37/h4-15,17,24,37H,3,16,18-19H2,1-2H3,(H,29,35)(H,31,34)/b14-13+,20-15+/t24-/m0/s1. The van der Waals surface area contributed by atoms with Crippen LogP contribution in [0.15, 0.2) is 78.5 Å². The summed E-state index contributed by atoms with van der Waals surface area (Å²) in [7, 11) is 0. The van der Waals surface area contributed by atoms with Gasteiger partial charge in [0.15, 0.2) is 0 Å². The van der Waals surface area contributed by atoms with Gasteiger partial charge in [0.1, 0.15) is 30.6 Å². The summed E-state index contributed by atoms with van der Waals surface area (Å²) in [5.41, 5.74) is 4.48. The number of hydrogen-bond acceptors (Lipinski definition) is 8. The second-order valence-corrected chi connectivity index (χ2v) is 8.49. The fourth-order valence-electron chi connectivity index (χ4n) is 3.58. The van der Waals surface area contributed by atoms with Crippen LogP contribution in [-0.4, -0.2) is 50.6 Å². The Morgan fingerprint density at radius 1 is 1.08 bits per heavy atom. The number of esters is 1. The van der Waals surface area contributed by atoms with Crippen molar-refractivity contribution < 1.29 is 29.1 Å². The number of benzene rings is 2. The van der Waals surface area contributed by atoms with Gasteiger partial charge >= 0.3 is 5.97 Å². The highest BCUT2D eigenvalue weighted by molar-refractivity contribution is 5.87. The Kier molecular flexibility index (Phi) is 11.0. The third-order valence-electron chi connectivity index (χ3n) is 5.37. The van der Waals surface area contributed by atoms with Gasteiger partial charge < -0.3 is 14.8 Å². The van der Waals surface area contributed by atoms with Gasteiger partial charge in [0.2, 0.25) is 5.91 Å². The molecule has 0 aliphatic carbocycles. The number of carbonyl (C=O) groups excluding carboxylic acids is 3. The molecule has 11 nitrogen and oxygen atoms in total. The maximum absolute atomic E-state index is 12.7. The molecule has 2 aromatic carbocycles. The van der Waals surface area contributed by atoms with Crippen LogP contribution in [-0.2, 0) is 38.7 Å². The zero-order chi connectivity index (χ0) is 28.0. The largest absolute Gasteiger partial charge is 0.487 e. The number of allylic oxidation sites excluding steroid dienone is 2. The zero-order valence-corrected chi connectivity index (χ0v) is 21.7. The van der Waals surface area contributed by atoms with Crippen molar-refractivity contribution in [2.45, 2.75) is 39.5 Å². The summed E-state index contributed by atoms with van der Waals surface area (Å²) in [6, 6.07) is 15.9. The third-order valence-corrected chi connectivity index (χ3v) is 5.37. The Balaban J connectivity index is 1.59. The molecule has 1 atom stereocenters. The van der Waals surface area contributed by atoms with Gasteiger partial charge in [0.05, 0.1) is 12.8 Å². The molecule has 0 bridgehead atoms. The molecular weight excluding hydrogens is 502 g/mol. The highest BCUT2D eigenvalue weighted by Gasteiger charge is 2.23. The second-order valence-electron chi connectivity index (χ2n) is 8.49. The summed E-state index contributed by atoms with van der Waals surface area (Å²) in [5.74, 6) is -0.952. The van der Waals surface area contributed by atoms with Crippen LogP contribution in [0.25, 0.3) is 6.08 Å². The molecule has 0 spiro atoms. The maximum Gasteiger partial charge on any atom is 0.328 e. The molecule has 1 heterocycles. The van der Waals surface area contributed by atoms with Crippen LogP contribution >= 0.6 is 0 Å². The van der Waals surface area contributed by atoms with E-state index in [1.807, 2.05) is 54.6 Å². The van der Waals surface area contributed by atoms with E-state index in [0.717, 1.165) is 16.7 Å². The number of para-hydroxylation sites is 1. The first-order valence-corrected chi connectivity index (χ1v) is 12.3. The molecule has 0 unspecified atom stereocenters. The van der Waals surface area contributed by atoms with E-state index in [9.17, 15) is 14.4 Å². The van der Waals surface area contributed by atoms with E-state index in [2.05, 4.69) is 15.6 Å². The minimum Gasteiger partial charge on any atom is -0.487 e. The van der Waals surface area contributed by atoms with Crippen molar-refractivity contribution in [1.82, 2.24) is 25.8 Å². The van der Waals surface area contributed by atoms with E-state index in [4.69, 9.17) is 14.7 Å². The van der Waals surface area contributed by atoms with Gasteiger partial charge in [-0.05, 0) is 31.6 Å². The molecule has 39 heavy (non-hydrogen) atoms. The molecular formula is C28H31N5O6. The van der Waals surface area contributed by atoms with Crippen LogP contribution in [0.1, 0.15) is 30.7 Å². The van der Waals surface area contributed by atoms with Gasteiger partial charge in [-0.2, -0.15) is 0 Å². The molecule has 0 aliphatic heterocycles. The Morgan fingerprint density at radius 2 is 1.82 bits per heavy atom. The molecule has 0 saturated heterocycles. The molecule has 11 heteroatoms. The van der Waals surface area contributed by atoms with E-state index < -0.39 is 23.8 Å². The number of carbonyl (C=O) groups is 3. The summed E-state index contributed by atoms with van der Waals surface area (Å²) < 4.78 is 12.4. The number of rotatable bonds is 13. The topological polar surface area (TPSA) is 145 Å². The Morgan fingerprint density at radius 3 is 2.56 bits per heavy atom. The number of nitrogens with one attached hydrogen (secondary N) is 2. The number of hydroxylamine groups is 1. The minimum absolute atomic E-state index is 0.105. The van der Waals surface area contributed by atoms with Crippen LogP contribution in [0.3, 0.4) is 0 Å². The van der Waals surface area contributed by atoms with Crippen LogP contribution in [0.5, 0.6) is 5.75 Å². The predicted octanol–water partition coefficient (Wildman–Crippen LogP) is 2.61. The Bertz CT molecular complexity index is 1320. The molecule has 0 aliphatic rings.